The first-order valence-electron chi connectivity index (χ1n) is 9.74. The molecule has 0 radical (unpaired) electrons. The van der Waals surface area contributed by atoms with Gasteiger partial charge >= 0.3 is 0 Å². The summed E-state index contributed by atoms with van der Waals surface area (Å²) in [6, 6.07) is 13.2. The van der Waals surface area contributed by atoms with E-state index in [0.717, 1.165) is 55.3 Å². The molecular formula is C22H30FN3O. The number of methoxy groups -OCH3 is 1. The van der Waals surface area contributed by atoms with Crippen molar-refractivity contribution in [2.24, 2.45) is 0 Å². The molecule has 0 bridgehead atoms. The summed E-state index contributed by atoms with van der Waals surface area (Å²) in [6.07, 6.45) is 0. The monoisotopic (exact) mass is 371 g/mol. The normalized spacial score (nSPS) is 16.4. The first-order chi connectivity index (χ1) is 13.1. The average Bonchev–Trinajstić information content (AvgIpc) is 2.72. The van der Waals surface area contributed by atoms with Crippen molar-refractivity contribution < 1.29 is 9.13 Å². The van der Waals surface area contributed by atoms with Crippen LogP contribution in [-0.4, -0.2) is 44.7 Å². The molecule has 1 aliphatic rings. The van der Waals surface area contributed by atoms with E-state index in [2.05, 4.69) is 35.0 Å². The van der Waals surface area contributed by atoms with Gasteiger partial charge in [0.25, 0.3) is 0 Å². The van der Waals surface area contributed by atoms with E-state index in [1.165, 1.54) is 0 Å². The van der Waals surface area contributed by atoms with E-state index in [9.17, 15) is 4.39 Å². The maximum Gasteiger partial charge on any atom is 0.123 e. The fourth-order valence-electron chi connectivity index (χ4n) is 3.69. The highest BCUT2D eigenvalue weighted by atomic mass is 19.1. The number of benzene rings is 2. The molecule has 2 aromatic carbocycles. The number of rotatable bonds is 7. The first-order valence-corrected chi connectivity index (χ1v) is 9.74. The van der Waals surface area contributed by atoms with Crippen LogP contribution in [-0.2, 0) is 6.54 Å². The lowest BCUT2D eigenvalue weighted by molar-refractivity contribution is 0.271. The van der Waals surface area contributed by atoms with Gasteiger partial charge in [-0.2, -0.15) is 0 Å². The number of nitrogens with zero attached hydrogens (tertiary/aromatic N) is 2. The number of likely N-dealkylation sites (N-methyl/N-ethyl adjacent to an activating group) is 1. The summed E-state index contributed by atoms with van der Waals surface area (Å²) in [7, 11) is 1.68. The van der Waals surface area contributed by atoms with Gasteiger partial charge in [-0.25, -0.2) is 4.39 Å². The second-order valence-electron chi connectivity index (χ2n) is 7.04. The first kappa shape index (κ1) is 19.6. The number of halogens is 1. The molecule has 0 spiro atoms. The third kappa shape index (κ3) is 4.79. The van der Waals surface area contributed by atoms with Gasteiger partial charge in [0.2, 0.25) is 0 Å². The van der Waals surface area contributed by atoms with Crippen LogP contribution < -0.4 is 15.0 Å². The van der Waals surface area contributed by atoms with Crippen LogP contribution in [0.25, 0.3) is 0 Å². The molecular weight excluding hydrogens is 341 g/mol. The lowest BCUT2D eigenvalue weighted by atomic mass is 10.0. The zero-order valence-electron chi connectivity index (χ0n) is 16.5. The van der Waals surface area contributed by atoms with E-state index >= 15 is 0 Å². The van der Waals surface area contributed by atoms with Crippen LogP contribution in [0.3, 0.4) is 0 Å². The highest BCUT2D eigenvalue weighted by Gasteiger charge is 2.21. The summed E-state index contributed by atoms with van der Waals surface area (Å²) in [5.74, 6) is 0.680. The van der Waals surface area contributed by atoms with Crippen molar-refractivity contribution in [3.8, 4) is 5.75 Å². The standard InChI is InChI=1S/C22H30FN3O/c1-4-25-11-13-26(14-12-25)21-10-9-19(23)15-20(21)17(2)24-16-18-7-5-6-8-22(18)27-3/h5-10,15,17,24H,4,11-14,16H2,1-3H3. The number of para-hydroxylation sites is 1. The van der Waals surface area contributed by atoms with Gasteiger partial charge in [-0.1, -0.05) is 25.1 Å². The molecule has 5 heteroatoms. The van der Waals surface area contributed by atoms with Gasteiger partial charge in [0, 0.05) is 50.0 Å². The summed E-state index contributed by atoms with van der Waals surface area (Å²) in [5, 5.41) is 3.53. The predicted octanol–water partition coefficient (Wildman–Crippen LogP) is 3.83. The Balaban J connectivity index is 1.74. The van der Waals surface area contributed by atoms with Gasteiger partial charge in [0.1, 0.15) is 11.6 Å². The molecule has 3 rings (SSSR count). The summed E-state index contributed by atoms with van der Waals surface area (Å²) < 4.78 is 19.4. The predicted molar refractivity (Wildman–Crippen MR) is 109 cm³/mol. The van der Waals surface area contributed by atoms with Crippen LogP contribution in [0.1, 0.15) is 31.0 Å². The molecule has 0 aliphatic carbocycles. The maximum absolute atomic E-state index is 14.0. The minimum atomic E-state index is -0.188. The molecule has 27 heavy (non-hydrogen) atoms. The topological polar surface area (TPSA) is 27.7 Å². The van der Waals surface area contributed by atoms with E-state index in [1.54, 1.807) is 19.2 Å². The van der Waals surface area contributed by atoms with E-state index in [1.807, 2.05) is 24.3 Å². The largest absolute Gasteiger partial charge is 0.496 e. The van der Waals surface area contributed by atoms with Gasteiger partial charge in [-0.3, -0.25) is 0 Å². The van der Waals surface area contributed by atoms with Crippen molar-refractivity contribution in [3.63, 3.8) is 0 Å². The third-order valence-corrected chi connectivity index (χ3v) is 5.41. The molecule has 0 amide bonds. The van der Waals surface area contributed by atoms with Gasteiger partial charge < -0.3 is 19.9 Å². The molecule has 146 valence electrons. The number of hydrogen-bond donors (Lipinski definition) is 1. The van der Waals surface area contributed by atoms with E-state index in [0.29, 0.717) is 6.54 Å². The van der Waals surface area contributed by atoms with Crippen LogP contribution in [0.15, 0.2) is 42.5 Å². The van der Waals surface area contributed by atoms with Crippen LogP contribution in [0.5, 0.6) is 5.75 Å². The van der Waals surface area contributed by atoms with Crippen LogP contribution >= 0.6 is 0 Å². The van der Waals surface area contributed by atoms with E-state index < -0.39 is 0 Å². The maximum atomic E-state index is 14.0. The Labute approximate surface area is 161 Å². The minimum Gasteiger partial charge on any atom is -0.496 e. The minimum absolute atomic E-state index is 0.0322. The molecule has 1 saturated heterocycles. The molecule has 1 heterocycles. The number of hydrogen-bond acceptors (Lipinski definition) is 4. The SMILES string of the molecule is CCN1CCN(c2ccc(F)cc2C(C)NCc2ccccc2OC)CC1. The van der Waals surface area contributed by atoms with Gasteiger partial charge in [-0.15, -0.1) is 0 Å². The van der Waals surface area contributed by atoms with Crippen molar-refractivity contribution in [2.75, 3.05) is 44.7 Å². The lowest BCUT2D eigenvalue weighted by Gasteiger charge is -2.37. The summed E-state index contributed by atoms with van der Waals surface area (Å²) >= 11 is 0. The number of nitrogens with one attached hydrogen (secondary N) is 1. The second kappa shape index (κ2) is 9.20. The molecule has 1 N–H and O–H groups in total. The number of piperazine rings is 1. The molecule has 1 atom stereocenters. The Bertz CT molecular complexity index is 744. The van der Waals surface area contributed by atoms with Gasteiger partial charge in [0.05, 0.1) is 7.11 Å². The van der Waals surface area contributed by atoms with E-state index in [-0.39, 0.29) is 11.9 Å². The zero-order valence-corrected chi connectivity index (χ0v) is 16.5. The third-order valence-electron chi connectivity index (χ3n) is 5.41. The molecule has 1 fully saturated rings. The van der Waals surface area contributed by atoms with Crippen LogP contribution in [0.4, 0.5) is 10.1 Å². The molecule has 0 aromatic heterocycles. The highest BCUT2D eigenvalue weighted by molar-refractivity contribution is 5.55. The molecule has 0 saturated carbocycles. The van der Waals surface area contributed by atoms with Crippen LogP contribution in [0.2, 0.25) is 0 Å². The summed E-state index contributed by atoms with van der Waals surface area (Å²) in [4.78, 5) is 4.82. The van der Waals surface area contributed by atoms with Crippen molar-refractivity contribution >= 4 is 5.69 Å². The van der Waals surface area contributed by atoms with Gasteiger partial charge in [-0.05, 0) is 43.3 Å². The van der Waals surface area contributed by atoms with Crippen molar-refractivity contribution in [2.45, 2.75) is 26.4 Å². The van der Waals surface area contributed by atoms with Crippen LogP contribution in [0, 0.1) is 5.82 Å². The number of anilines is 1. The Hall–Kier alpha value is -2.11. The van der Waals surface area contributed by atoms with E-state index in [4.69, 9.17) is 4.74 Å². The summed E-state index contributed by atoms with van der Waals surface area (Å²) in [5.41, 5.74) is 3.24. The fourth-order valence-corrected chi connectivity index (χ4v) is 3.69. The summed E-state index contributed by atoms with van der Waals surface area (Å²) in [6.45, 7) is 10.1. The fraction of sp³-hybridized carbons (Fsp3) is 0.455. The smallest absolute Gasteiger partial charge is 0.123 e. The lowest BCUT2D eigenvalue weighted by Crippen LogP contribution is -2.46. The Morgan fingerprint density at radius 3 is 2.56 bits per heavy atom. The van der Waals surface area contributed by atoms with Gasteiger partial charge in [0.15, 0.2) is 0 Å². The molecule has 2 aromatic rings. The van der Waals surface area contributed by atoms with Crippen molar-refractivity contribution in [1.29, 1.82) is 0 Å². The molecule has 1 unspecified atom stereocenters. The average molecular weight is 372 g/mol. The zero-order chi connectivity index (χ0) is 19.2. The number of ether oxygens (including phenoxy) is 1. The Kier molecular flexibility index (Phi) is 6.69. The highest BCUT2D eigenvalue weighted by Crippen LogP contribution is 2.29. The quantitative estimate of drug-likeness (QED) is 0.801. The Morgan fingerprint density at radius 2 is 1.85 bits per heavy atom. The van der Waals surface area contributed by atoms with Crippen molar-refractivity contribution in [1.82, 2.24) is 10.2 Å². The second-order valence-corrected chi connectivity index (χ2v) is 7.04. The molecule has 4 nitrogen and oxygen atoms in total. The van der Waals surface area contributed by atoms with Crippen molar-refractivity contribution in [3.05, 3.63) is 59.4 Å². The molecule has 1 aliphatic heterocycles. The Morgan fingerprint density at radius 1 is 1.11 bits per heavy atom.